The molecule has 1 fully saturated rings. The molecule has 0 bridgehead atoms. The number of furan rings is 1. The van der Waals surface area contributed by atoms with Crippen LogP contribution in [0.1, 0.15) is 11.9 Å². The summed E-state index contributed by atoms with van der Waals surface area (Å²) in [5, 5.41) is 1.12. The molecule has 2 nitrogen and oxygen atoms in total. The Morgan fingerprint density at radius 3 is 2.92 bits per heavy atom. The highest BCUT2D eigenvalue weighted by atomic mass is 79.9. The number of fused-ring (bicyclic) bond motifs is 1. The average molecular weight is 239 g/mol. The van der Waals surface area contributed by atoms with Gasteiger partial charge in [0.15, 0.2) is 0 Å². The van der Waals surface area contributed by atoms with E-state index < -0.39 is 0 Å². The van der Waals surface area contributed by atoms with E-state index in [-0.39, 0.29) is 6.10 Å². The average Bonchev–Trinajstić information content (AvgIpc) is 2.87. The van der Waals surface area contributed by atoms with Crippen LogP contribution in [-0.2, 0) is 4.74 Å². The van der Waals surface area contributed by atoms with Crippen LogP contribution in [0.25, 0.3) is 11.0 Å². The van der Waals surface area contributed by atoms with Crippen molar-refractivity contribution < 1.29 is 9.15 Å². The Morgan fingerprint density at radius 2 is 2.15 bits per heavy atom. The Bertz CT molecular complexity index is 457. The van der Waals surface area contributed by atoms with Crippen molar-refractivity contribution in [1.82, 2.24) is 0 Å². The van der Waals surface area contributed by atoms with Gasteiger partial charge in [-0.2, -0.15) is 0 Å². The minimum absolute atomic E-state index is 0.200. The lowest BCUT2D eigenvalue weighted by molar-refractivity contribution is 0.378. The zero-order valence-corrected chi connectivity index (χ0v) is 8.37. The molecule has 1 atom stereocenters. The molecule has 13 heavy (non-hydrogen) atoms. The first kappa shape index (κ1) is 7.59. The second-order valence-electron chi connectivity index (χ2n) is 3.15. The van der Waals surface area contributed by atoms with E-state index in [2.05, 4.69) is 15.9 Å². The van der Waals surface area contributed by atoms with Gasteiger partial charge < -0.3 is 9.15 Å². The first-order valence-electron chi connectivity index (χ1n) is 4.13. The summed E-state index contributed by atoms with van der Waals surface area (Å²) in [7, 11) is 0. The van der Waals surface area contributed by atoms with E-state index in [0.717, 1.165) is 27.8 Å². The molecule has 2 heterocycles. The lowest BCUT2D eigenvalue weighted by Crippen LogP contribution is -1.69. The standard InChI is InChI=1S/C10H7BrO2/c11-7-1-2-8-6(3-7)4-9(13-8)10-5-12-10/h1-4,10H,5H2. The fourth-order valence-electron chi connectivity index (χ4n) is 1.41. The van der Waals surface area contributed by atoms with Crippen LogP contribution >= 0.6 is 15.9 Å². The molecule has 1 aliphatic heterocycles. The van der Waals surface area contributed by atoms with Crippen LogP contribution < -0.4 is 0 Å². The number of hydrogen-bond donors (Lipinski definition) is 0. The van der Waals surface area contributed by atoms with Crippen LogP contribution in [0.3, 0.4) is 0 Å². The predicted octanol–water partition coefficient (Wildman–Crippen LogP) is 3.27. The molecule has 0 aliphatic carbocycles. The van der Waals surface area contributed by atoms with E-state index in [1.165, 1.54) is 0 Å². The van der Waals surface area contributed by atoms with Crippen molar-refractivity contribution in [3.05, 3.63) is 34.5 Å². The molecule has 1 aromatic heterocycles. The summed E-state index contributed by atoms with van der Waals surface area (Å²) in [6, 6.07) is 8.02. The highest BCUT2D eigenvalue weighted by Crippen LogP contribution is 2.34. The molecule has 0 N–H and O–H groups in total. The molecule has 0 amide bonds. The fourth-order valence-corrected chi connectivity index (χ4v) is 1.78. The smallest absolute Gasteiger partial charge is 0.139 e. The number of rotatable bonds is 1. The quantitative estimate of drug-likeness (QED) is 0.713. The summed E-state index contributed by atoms with van der Waals surface area (Å²) >= 11 is 3.42. The Kier molecular flexibility index (Phi) is 1.51. The minimum atomic E-state index is 0.200. The number of benzene rings is 1. The van der Waals surface area contributed by atoms with E-state index >= 15 is 0 Å². The van der Waals surface area contributed by atoms with Crippen LogP contribution in [0, 0.1) is 0 Å². The third-order valence-electron chi connectivity index (χ3n) is 2.15. The van der Waals surface area contributed by atoms with E-state index in [4.69, 9.17) is 9.15 Å². The summed E-state index contributed by atoms with van der Waals surface area (Å²) < 4.78 is 11.8. The molecule has 0 saturated carbocycles. The first-order chi connectivity index (χ1) is 6.33. The maximum atomic E-state index is 5.60. The van der Waals surface area contributed by atoms with Crippen LogP contribution in [0.15, 0.2) is 33.2 Å². The first-order valence-corrected chi connectivity index (χ1v) is 4.93. The van der Waals surface area contributed by atoms with Crippen LogP contribution in [-0.4, -0.2) is 6.61 Å². The van der Waals surface area contributed by atoms with Gasteiger partial charge in [0.1, 0.15) is 17.4 Å². The van der Waals surface area contributed by atoms with E-state index in [1.54, 1.807) is 0 Å². The van der Waals surface area contributed by atoms with Crippen molar-refractivity contribution in [3.63, 3.8) is 0 Å². The second kappa shape index (κ2) is 2.59. The molecule has 0 spiro atoms. The Balaban J connectivity index is 2.20. The number of epoxide rings is 1. The van der Waals surface area contributed by atoms with Gasteiger partial charge in [0, 0.05) is 9.86 Å². The summed E-state index contributed by atoms with van der Waals surface area (Å²) in [6.07, 6.45) is 0.200. The van der Waals surface area contributed by atoms with Crippen molar-refractivity contribution >= 4 is 26.9 Å². The third-order valence-corrected chi connectivity index (χ3v) is 2.64. The highest BCUT2D eigenvalue weighted by Gasteiger charge is 2.28. The van der Waals surface area contributed by atoms with Gasteiger partial charge in [-0.3, -0.25) is 0 Å². The van der Waals surface area contributed by atoms with E-state index in [0.29, 0.717) is 0 Å². The van der Waals surface area contributed by atoms with Gasteiger partial charge in [-0.1, -0.05) is 15.9 Å². The molecule has 66 valence electrons. The van der Waals surface area contributed by atoms with Gasteiger partial charge in [-0.25, -0.2) is 0 Å². The van der Waals surface area contributed by atoms with Crippen molar-refractivity contribution in [2.75, 3.05) is 6.61 Å². The van der Waals surface area contributed by atoms with Gasteiger partial charge in [-0.15, -0.1) is 0 Å². The van der Waals surface area contributed by atoms with Crippen LogP contribution in [0.4, 0.5) is 0 Å². The summed E-state index contributed by atoms with van der Waals surface area (Å²) in [6.45, 7) is 0.793. The van der Waals surface area contributed by atoms with Crippen molar-refractivity contribution in [1.29, 1.82) is 0 Å². The van der Waals surface area contributed by atoms with Gasteiger partial charge in [0.2, 0.25) is 0 Å². The molecule has 0 radical (unpaired) electrons. The molecule has 2 aromatic rings. The van der Waals surface area contributed by atoms with E-state index in [1.807, 2.05) is 24.3 Å². The normalized spacial score (nSPS) is 20.8. The predicted molar refractivity (Wildman–Crippen MR) is 52.6 cm³/mol. The Hall–Kier alpha value is -0.800. The van der Waals surface area contributed by atoms with Gasteiger partial charge >= 0.3 is 0 Å². The number of hydrogen-bond acceptors (Lipinski definition) is 2. The fraction of sp³-hybridized carbons (Fsp3) is 0.200. The monoisotopic (exact) mass is 238 g/mol. The maximum absolute atomic E-state index is 5.60. The van der Waals surface area contributed by atoms with Crippen LogP contribution in [0.5, 0.6) is 0 Å². The third kappa shape index (κ3) is 1.28. The second-order valence-corrected chi connectivity index (χ2v) is 4.07. The van der Waals surface area contributed by atoms with Crippen molar-refractivity contribution in [2.45, 2.75) is 6.10 Å². The summed E-state index contributed by atoms with van der Waals surface area (Å²) in [5.74, 6) is 0.938. The molecule has 3 heteroatoms. The Labute approximate surface area is 83.6 Å². The molecule has 1 saturated heterocycles. The largest absolute Gasteiger partial charge is 0.458 e. The maximum Gasteiger partial charge on any atom is 0.139 e. The number of ether oxygens (including phenoxy) is 1. The Morgan fingerprint density at radius 1 is 1.31 bits per heavy atom. The van der Waals surface area contributed by atoms with Crippen LogP contribution in [0.2, 0.25) is 0 Å². The summed E-state index contributed by atoms with van der Waals surface area (Å²) in [4.78, 5) is 0. The SMILES string of the molecule is Brc1ccc2oc(C3CO3)cc2c1. The lowest BCUT2D eigenvalue weighted by atomic mass is 10.2. The lowest BCUT2D eigenvalue weighted by Gasteiger charge is -1.87. The van der Waals surface area contributed by atoms with Crippen molar-refractivity contribution in [2.24, 2.45) is 0 Å². The highest BCUT2D eigenvalue weighted by molar-refractivity contribution is 9.10. The molecule has 1 aliphatic rings. The summed E-state index contributed by atoms with van der Waals surface area (Å²) in [5.41, 5.74) is 0.925. The molecular weight excluding hydrogens is 232 g/mol. The minimum Gasteiger partial charge on any atom is -0.458 e. The van der Waals surface area contributed by atoms with Gasteiger partial charge in [0.05, 0.1) is 6.61 Å². The zero-order chi connectivity index (χ0) is 8.84. The molecule has 1 unspecified atom stereocenters. The van der Waals surface area contributed by atoms with Gasteiger partial charge in [0.25, 0.3) is 0 Å². The zero-order valence-electron chi connectivity index (χ0n) is 6.79. The van der Waals surface area contributed by atoms with Gasteiger partial charge in [-0.05, 0) is 24.3 Å². The molecule has 3 rings (SSSR count). The molecular formula is C10H7BrO2. The topological polar surface area (TPSA) is 25.7 Å². The molecule has 1 aromatic carbocycles. The number of halogens is 1. The van der Waals surface area contributed by atoms with Crippen molar-refractivity contribution in [3.8, 4) is 0 Å². The van der Waals surface area contributed by atoms with E-state index in [9.17, 15) is 0 Å².